The zero-order valence-corrected chi connectivity index (χ0v) is 14.1. The molecule has 22 heavy (non-hydrogen) atoms. The highest BCUT2D eigenvalue weighted by atomic mass is 16.2. The first-order valence-electron chi connectivity index (χ1n) is 7.52. The zero-order valence-electron chi connectivity index (χ0n) is 14.1. The van der Waals surface area contributed by atoms with Crippen molar-refractivity contribution in [2.45, 2.75) is 40.5 Å². The van der Waals surface area contributed by atoms with Crippen LogP contribution >= 0.6 is 0 Å². The fourth-order valence-corrected chi connectivity index (χ4v) is 2.10. The second-order valence-corrected chi connectivity index (χ2v) is 6.27. The van der Waals surface area contributed by atoms with E-state index in [1.54, 1.807) is 19.9 Å². The molecule has 0 aliphatic rings. The average Bonchev–Trinajstić information content (AvgIpc) is 2.46. The molecule has 0 heterocycles. The van der Waals surface area contributed by atoms with Crippen molar-refractivity contribution in [1.29, 1.82) is 0 Å². The Balaban J connectivity index is 3.02. The first-order valence-corrected chi connectivity index (χ1v) is 7.52. The smallest absolute Gasteiger partial charge is 0.239 e. The lowest BCUT2D eigenvalue weighted by molar-refractivity contribution is -0.138. The number of amides is 2. The molecule has 0 radical (unpaired) electrons. The Hall–Kier alpha value is -2.10. The number of carbonyl (C=O) groups excluding carboxylic acids is 2. The van der Waals surface area contributed by atoms with Crippen LogP contribution in [0.4, 0.5) is 5.69 Å². The lowest BCUT2D eigenvalue weighted by atomic mass is 9.90. The summed E-state index contributed by atoms with van der Waals surface area (Å²) < 4.78 is 0. The largest absolute Gasteiger partial charge is 0.352 e. The van der Waals surface area contributed by atoms with E-state index in [2.05, 4.69) is 31.1 Å². The van der Waals surface area contributed by atoms with Gasteiger partial charge in [0.2, 0.25) is 11.8 Å². The van der Waals surface area contributed by atoms with Crippen molar-refractivity contribution in [3.05, 3.63) is 42.0 Å². The van der Waals surface area contributed by atoms with Gasteiger partial charge >= 0.3 is 0 Å². The molecule has 2 amide bonds. The van der Waals surface area contributed by atoms with Gasteiger partial charge in [-0.3, -0.25) is 9.59 Å². The Morgan fingerprint density at radius 3 is 2.45 bits per heavy atom. The van der Waals surface area contributed by atoms with Gasteiger partial charge in [0, 0.05) is 12.2 Å². The number of carbonyl (C=O) groups is 2. The summed E-state index contributed by atoms with van der Waals surface area (Å²) >= 11 is 0. The van der Waals surface area contributed by atoms with Crippen LogP contribution in [0.1, 0.15) is 44.7 Å². The molecule has 0 spiro atoms. The lowest BCUT2D eigenvalue weighted by Crippen LogP contribution is -2.45. The van der Waals surface area contributed by atoms with E-state index in [4.69, 9.17) is 0 Å². The number of aryl methyl sites for hydroxylation is 1. The molecule has 0 aromatic heterocycles. The molecule has 0 aliphatic carbocycles. The summed E-state index contributed by atoms with van der Waals surface area (Å²) in [5.41, 5.74) is 1.70. The normalized spacial score (nSPS) is 11.2. The quantitative estimate of drug-likeness (QED) is 0.625. The number of para-hydroxylation sites is 1. The Bertz CT molecular complexity index is 574. The number of benzene rings is 1. The first-order chi connectivity index (χ1) is 10.2. The summed E-state index contributed by atoms with van der Waals surface area (Å²) in [5.74, 6) is -0.345. The van der Waals surface area contributed by atoms with E-state index in [-0.39, 0.29) is 17.7 Å². The molecule has 0 aliphatic heterocycles. The van der Waals surface area contributed by atoms with Gasteiger partial charge in [-0.25, -0.2) is 0 Å². The van der Waals surface area contributed by atoms with Crippen LogP contribution in [0.25, 0.3) is 0 Å². The number of hydrogen-bond donors (Lipinski definition) is 2. The van der Waals surface area contributed by atoms with Gasteiger partial charge < -0.3 is 10.6 Å². The molecule has 0 fully saturated rings. The summed E-state index contributed by atoms with van der Waals surface area (Å²) in [6.07, 6.45) is 1.59. The average molecular weight is 302 g/mol. The molecule has 120 valence electrons. The molecule has 4 heteroatoms. The van der Waals surface area contributed by atoms with E-state index in [1.807, 2.05) is 25.1 Å². The maximum absolute atomic E-state index is 12.6. The Morgan fingerprint density at radius 2 is 1.91 bits per heavy atom. The molecule has 1 rings (SSSR count). The Labute approximate surface area is 133 Å². The number of anilines is 1. The predicted octanol–water partition coefficient (Wildman–Crippen LogP) is 3.39. The van der Waals surface area contributed by atoms with Crippen molar-refractivity contribution in [3.63, 3.8) is 0 Å². The molecule has 0 unspecified atom stereocenters. The van der Waals surface area contributed by atoms with Crippen molar-refractivity contribution < 1.29 is 9.59 Å². The van der Waals surface area contributed by atoms with Crippen LogP contribution in [-0.4, -0.2) is 18.4 Å². The van der Waals surface area contributed by atoms with Crippen molar-refractivity contribution in [2.24, 2.45) is 5.41 Å². The molecule has 4 nitrogen and oxygen atoms in total. The molecule has 0 bridgehead atoms. The van der Waals surface area contributed by atoms with Crippen molar-refractivity contribution >= 4 is 17.5 Å². The molecule has 0 saturated heterocycles. The monoisotopic (exact) mass is 302 g/mol. The van der Waals surface area contributed by atoms with Crippen LogP contribution in [0.3, 0.4) is 0 Å². The minimum absolute atomic E-state index is 0.285. The van der Waals surface area contributed by atoms with Crippen molar-refractivity contribution in [1.82, 2.24) is 5.32 Å². The summed E-state index contributed by atoms with van der Waals surface area (Å²) in [4.78, 5) is 24.7. The fraction of sp³-hybridized carbons (Fsp3) is 0.444. The molecular formula is C18H26N2O2. The second kappa shape index (κ2) is 7.25. The minimum Gasteiger partial charge on any atom is -0.352 e. The van der Waals surface area contributed by atoms with Gasteiger partial charge in [-0.05, 0) is 37.8 Å². The third kappa shape index (κ3) is 3.97. The molecule has 1 aromatic rings. The number of rotatable bonds is 6. The van der Waals surface area contributed by atoms with E-state index in [1.165, 1.54) is 0 Å². The van der Waals surface area contributed by atoms with E-state index >= 15 is 0 Å². The highest BCUT2D eigenvalue weighted by Crippen LogP contribution is 2.29. The summed E-state index contributed by atoms with van der Waals surface area (Å²) in [7, 11) is 0. The molecular weight excluding hydrogens is 276 g/mol. The third-order valence-corrected chi connectivity index (χ3v) is 3.71. The molecule has 1 aromatic carbocycles. The van der Waals surface area contributed by atoms with Gasteiger partial charge in [0.05, 0.1) is 0 Å². The Kier molecular flexibility index (Phi) is 5.92. The lowest BCUT2D eigenvalue weighted by Gasteiger charge is -2.24. The van der Waals surface area contributed by atoms with Crippen molar-refractivity contribution in [3.8, 4) is 0 Å². The summed E-state index contributed by atoms with van der Waals surface area (Å²) in [6.45, 7) is 13.2. The SMILES string of the molecule is C=CCNC(=O)C(C)(C)C(=O)Nc1c(C)cccc1C(C)C. The zero-order chi connectivity index (χ0) is 16.9. The molecule has 2 N–H and O–H groups in total. The highest BCUT2D eigenvalue weighted by Gasteiger charge is 2.36. The maximum Gasteiger partial charge on any atom is 0.239 e. The van der Waals surface area contributed by atoms with E-state index in [9.17, 15) is 9.59 Å². The maximum atomic E-state index is 12.6. The van der Waals surface area contributed by atoms with Gasteiger partial charge in [-0.1, -0.05) is 38.1 Å². The first kappa shape index (κ1) is 18.0. The van der Waals surface area contributed by atoms with Crippen molar-refractivity contribution in [2.75, 3.05) is 11.9 Å². The van der Waals surface area contributed by atoms with Crippen LogP contribution in [0.15, 0.2) is 30.9 Å². The predicted molar refractivity (Wildman–Crippen MR) is 90.9 cm³/mol. The highest BCUT2D eigenvalue weighted by molar-refractivity contribution is 6.10. The second-order valence-electron chi connectivity index (χ2n) is 6.27. The van der Waals surface area contributed by atoms with Gasteiger partial charge in [0.1, 0.15) is 5.41 Å². The van der Waals surface area contributed by atoms with Gasteiger partial charge in [0.15, 0.2) is 0 Å². The van der Waals surface area contributed by atoms with Gasteiger partial charge in [-0.15, -0.1) is 6.58 Å². The summed E-state index contributed by atoms with van der Waals surface area (Å²) in [6, 6.07) is 5.92. The van der Waals surface area contributed by atoms with E-state index in [0.29, 0.717) is 6.54 Å². The van der Waals surface area contributed by atoms with Gasteiger partial charge in [0.25, 0.3) is 0 Å². The topological polar surface area (TPSA) is 58.2 Å². The van der Waals surface area contributed by atoms with Crippen LogP contribution < -0.4 is 10.6 Å². The third-order valence-electron chi connectivity index (χ3n) is 3.71. The van der Waals surface area contributed by atoms with E-state index < -0.39 is 5.41 Å². The standard InChI is InChI=1S/C18H26N2O2/c1-7-11-19-16(21)18(5,6)17(22)20-15-13(4)9-8-10-14(15)12(2)3/h7-10,12H,1,11H2,2-6H3,(H,19,21)(H,20,22). The Morgan fingerprint density at radius 1 is 1.27 bits per heavy atom. The van der Waals surface area contributed by atoms with E-state index in [0.717, 1.165) is 16.8 Å². The minimum atomic E-state index is -1.15. The molecule has 0 atom stereocenters. The van der Waals surface area contributed by atoms with Gasteiger partial charge in [-0.2, -0.15) is 0 Å². The summed E-state index contributed by atoms with van der Waals surface area (Å²) in [5, 5.41) is 5.61. The van der Waals surface area contributed by atoms with Crippen LogP contribution in [0.2, 0.25) is 0 Å². The van der Waals surface area contributed by atoms with Crippen LogP contribution in [0.5, 0.6) is 0 Å². The van der Waals surface area contributed by atoms with Crippen LogP contribution in [0, 0.1) is 12.3 Å². The molecule has 0 saturated carbocycles. The number of hydrogen-bond acceptors (Lipinski definition) is 2. The van der Waals surface area contributed by atoms with Crippen LogP contribution in [-0.2, 0) is 9.59 Å². The number of nitrogens with one attached hydrogen (secondary N) is 2. The fourth-order valence-electron chi connectivity index (χ4n) is 2.10.